The highest BCUT2D eigenvalue weighted by Crippen LogP contribution is 2.33. The number of hydrogen-bond donors (Lipinski definition) is 1. The van der Waals surface area contributed by atoms with Gasteiger partial charge in [-0.3, -0.25) is 0 Å². The predicted molar refractivity (Wildman–Crippen MR) is 63.7 cm³/mol. The smallest absolute Gasteiger partial charge is 0.189 e. The molecule has 88 valence electrons. The molecule has 0 fully saturated rings. The third kappa shape index (κ3) is 2.36. The summed E-state index contributed by atoms with van der Waals surface area (Å²) in [5.41, 5.74) is 2.81. The molecule has 1 unspecified atom stereocenters. The van der Waals surface area contributed by atoms with E-state index in [-0.39, 0.29) is 0 Å². The van der Waals surface area contributed by atoms with Gasteiger partial charge in [0.25, 0.3) is 0 Å². The highest BCUT2D eigenvalue weighted by molar-refractivity contribution is 5.40. The van der Waals surface area contributed by atoms with E-state index in [1.807, 2.05) is 20.0 Å². The second-order valence-corrected chi connectivity index (χ2v) is 4.00. The molecule has 0 saturated carbocycles. The molecule has 1 N–H and O–H groups in total. The van der Waals surface area contributed by atoms with Crippen LogP contribution in [-0.4, -0.2) is 20.4 Å². The molecule has 1 atom stereocenters. The molecule has 0 spiro atoms. The van der Waals surface area contributed by atoms with E-state index in [0.717, 1.165) is 12.2 Å². The number of benzene rings is 1. The van der Waals surface area contributed by atoms with Gasteiger partial charge in [0, 0.05) is 12.6 Å². The van der Waals surface area contributed by atoms with Gasteiger partial charge in [-0.15, -0.1) is 0 Å². The van der Waals surface area contributed by atoms with E-state index in [9.17, 15) is 0 Å². The molecular formula is C13H19NO2. The SMILES string of the molecule is CCOCOc1ccc2c(c1)CCC2NC. The quantitative estimate of drug-likeness (QED) is 0.611. The van der Waals surface area contributed by atoms with Crippen LogP contribution in [0.2, 0.25) is 0 Å². The van der Waals surface area contributed by atoms with E-state index in [0.29, 0.717) is 19.4 Å². The summed E-state index contributed by atoms with van der Waals surface area (Å²) in [4.78, 5) is 0. The monoisotopic (exact) mass is 221 g/mol. The molecule has 0 radical (unpaired) electrons. The van der Waals surface area contributed by atoms with Gasteiger partial charge in [0.1, 0.15) is 5.75 Å². The van der Waals surface area contributed by atoms with Crippen molar-refractivity contribution >= 4 is 0 Å². The van der Waals surface area contributed by atoms with E-state index < -0.39 is 0 Å². The molecule has 0 aliphatic heterocycles. The first-order valence-electron chi connectivity index (χ1n) is 5.85. The zero-order valence-corrected chi connectivity index (χ0v) is 9.95. The van der Waals surface area contributed by atoms with E-state index in [1.165, 1.54) is 17.5 Å². The third-order valence-corrected chi connectivity index (χ3v) is 3.05. The summed E-state index contributed by atoms with van der Waals surface area (Å²) in [5, 5.41) is 3.33. The zero-order valence-electron chi connectivity index (χ0n) is 9.95. The van der Waals surface area contributed by atoms with Crippen molar-refractivity contribution in [1.29, 1.82) is 0 Å². The Morgan fingerprint density at radius 1 is 1.44 bits per heavy atom. The second-order valence-electron chi connectivity index (χ2n) is 4.00. The van der Waals surface area contributed by atoms with Crippen LogP contribution in [0, 0.1) is 0 Å². The molecule has 0 amide bonds. The average molecular weight is 221 g/mol. The molecule has 1 aliphatic rings. The summed E-state index contributed by atoms with van der Waals surface area (Å²) < 4.78 is 10.7. The van der Waals surface area contributed by atoms with E-state index >= 15 is 0 Å². The summed E-state index contributed by atoms with van der Waals surface area (Å²) in [6, 6.07) is 6.82. The Morgan fingerprint density at radius 2 is 2.31 bits per heavy atom. The predicted octanol–water partition coefficient (Wildman–Crippen LogP) is 2.27. The van der Waals surface area contributed by atoms with Crippen molar-refractivity contribution in [2.24, 2.45) is 0 Å². The van der Waals surface area contributed by atoms with Gasteiger partial charge in [-0.1, -0.05) is 6.07 Å². The Bertz CT molecular complexity index is 352. The molecule has 1 aliphatic carbocycles. The molecule has 3 heteroatoms. The highest BCUT2D eigenvalue weighted by atomic mass is 16.7. The Labute approximate surface area is 96.8 Å². The first-order valence-corrected chi connectivity index (χ1v) is 5.85. The first-order chi connectivity index (χ1) is 7.85. The number of fused-ring (bicyclic) bond motifs is 1. The normalized spacial score (nSPS) is 18.5. The molecule has 2 rings (SSSR count). The minimum absolute atomic E-state index is 0.338. The maximum absolute atomic E-state index is 5.50. The minimum Gasteiger partial charge on any atom is -0.468 e. The van der Waals surface area contributed by atoms with Crippen LogP contribution in [0.5, 0.6) is 5.75 Å². The van der Waals surface area contributed by atoms with Gasteiger partial charge in [-0.05, 0) is 50.1 Å². The molecule has 3 nitrogen and oxygen atoms in total. The maximum atomic E-state index is 5.50. The van der Waals surface area contributed by atoms with Crippen molar-refractivity contribution in [3.05, 3.63) is 29.3 Å². The number of ether oxygens (including phenoxy) is 2. The summed E-state index contributed by atoms with van der Waals surface area (Å²) in [6.07, 6.45) is 2.31. The Balaban J connectivity index is 2.03. The molecule has 0 heterocycles. The topological polar surface area (TPSA) is 30.5 Å². The lowest BCUT2D eigenvalue weighted by atomic mass is 10.1. The van der Waals surface area contributed by atoms with Crippen molar-refractivity contribution in [3.8, 4) is 5.75 Å². The van der Waals surface area contributed by atoms with Gasteiger partial charge in [-0.25, -0.2) is 0 Å². The minimum atomic E-state index is 0.338. The van der Waals surface area contributed by atoms with Crippen LogP contribution < -0.4 is 10.1 Å². The summed E-state index contributed by atoms with van der Waals surface area (Å²) >= 11 is 0. The standard InChI is InChI=1S/C13H19NO2/c1-3-15-9-16-11-5-6-12-10(8-11)4-7-13(12)14-2/h5-6,8,13-14H,3-4,7,9H2,1-2H3. The van der Waals surface area contributed by atoms with Crippen molar-refractivity contribution in [2.45, 2.75) is 25.8 Å². The fourth-order valence-electron chi connectivity index (χ4n) is 2.18. The van der Waals surface area contributed by atoms with Gasteiger partial charge in [-0.2, -0.15) is 0 Å². The lowest BCUT2D eigenvalue weighted by Gasteiger charge is -2.11. The Kier molecular flexibility index (Phi) is 3.80. The van der Waals surface area contributed by atoms with Gasteiger partial charge >= 0.3 is 0 Å². The molecular weight excluding hydrogens is 202 g/mol. The molecule has 1 aromatic carbocycles. The summed E-state index contributed by atoms with van der Waals surface area (Å²) in [5.74, 6) is 0.906. The molecule has 0 saturated heterocycles. The maximum Gasteiger partial charge on any atom is 0.189 e. The molecule has 0 aromatic heterocycles. The molecule has 1 aromatic rings. The number of rotatable bonds is 5. The largest absolute Gasteiger partial charge is 0.468 e. The summed E-state index contributed by atoms with van der Waals surface area (Å²) in [7, 11) is 2.01. The fourth-order valence-corrected chi connectivity index (χ4v) is 2.18. The van der Waals surface area contributed by atoms with E-state index in [1.54, 1.807) is 0 Å². The fraction of sp³-hybridized carbons (Fsp3) is 0.538. The zero-order chi connectivity index (χ0) is 11.4. The van der Waals surface area contributed by atoms with Gasteiger partial charge in [0.05, 0.1) is 0 Å². The third-order valence-electron chi connectivity index (χ3n) is 3.05. The van der Waals surface area contributed by atoms with Crippen LogP contribution in [0.1, 0.15) is 30.5 Å². The van der Waals surface area contributed by atoms with E-state index in [4.69, 9.17) is 9.47 Å². The number of hydrogen-bond acceptors (Lipinski definition) is 3. The molecule has 16 heavy (non-hydrogen) atoms. The Hall–Kier alpha value is -1.06. The highest BCUT2D eigenvalue weighted by Gasteiger charge is 2.20. The van der Waals surface area contributed by atoms with Gasteiger partial charge in [0.2, 0.25) is 0 Å². The second kappa shape index (κ2) is 5.32. The van der Waals surface area contributed by atoms with Crippen LogP contribution >= 0.6 is 0 Å². The molecule has 0 bridgehead atoms. The van der Waals surface area contributed by atoms with Crippen molar-refractivity contribution in [1.82, 2.24) is 5.32 Å². The van der Waals surface area contributed by atoms with E-state index in [2.05, 4.69) is 17.4 Å². The van der Waals surface area contributed by atoms with Crippen molar-refractivity contribution in [3.63, 3.8) is 0 Å². The number of nitrogens with one attached hydrogen (secondary N) is 1. The van der Waals surface area contributed by atoms with Gasteiger partial charge < -0.3 is 14.8 Å². The van der Waals surface area contributed by atoms with Crippen molar-refractivity contribution in [2.75, 3.05) is 20.4 Å². The first kappa shape index (κ1) is 11.4. The van der Waals surface area contributed by atoms with Crippen LogP contribution in [0.15, 0.2) is 18.2 Å². The lowest BCUT2D eigenvalue weighted by Crippen LogP contribution is -2.12. The average Bonchev–Trinajstić information content (AvgIpc) is 2.71. The van der Waals surface area contributed by atoms with Crippen LogP contribution in [0.3, 0.4) is 0 Å². The van der Waals surface area contributed by atoms with Gasteiger partial charge in [0.15, 0.2) is 6.79 Å². The Morgan fingerprint density at radius 3 is 3.06 bits per heavy atom. The number of aryl methyl sites for hydroxylation is 1. The van der Waals surface area contributed by atoms with Crippen LogP contribution in [0.4, 0.5) is 0 Å². The van der Waals surface area contributed by atoms with Crippen LogP contribution in [0.25, 0.3) is 0 Å². The summed E-state index contributed by atoms with van der Waals surface area (Å²) in [6.45, 7) is 2.99. The van der Waals surface area contributed by atoms with Crippen molar-refractivity contribution < 1.29 is 9.47 Å². The lowest BCUT2D eigenvalue weighted by molar-refractivity contribution is 0.0224. The van der Waals surface area contributed by atoms with Crippen LogP contribution in [-0.2, 0) is 11.2 Å².